The quantitative estimate of drug-likeness (QED) is 0.761. The van der Waals surface area contributed by atoms with E-state index in [0.717, 1.165) is 30.5 Å². The molecule has 1 saturated heterocycles. The molecule has 0 bridgehead atoms. The number of hydrogen-bond acceptors (Lipinski definition) is 4. The number of benzene rings is 1. The van der Waals surface area contributed by atoms with Gasteiger partial charge in [0.1, 0.15) is 6.33 Å². The minimum absolute atomic E-state index is 0.0238. The first-order valence-electron chi connectivity index (χ1n) is 9.79. The molecule has 28 heavy (non-hydrogen) atoms. The smallest absolute Gasteiger partial charge is 0.329 e. The Morgan fingerprint density at radius 3 is 2.79 bits per heavy atom. The van der Waals surface area contributed by atoms with Crippen LogP contribution in [0.15, 0.2) is 55.5 Å². The van der Waals surface area contributed by atoms with Gasteiger partial charge in [-0.15, -0.1) is 0 Å². The summed E-state index contributed by atoms with van der Waals surface area (Å²) in [5.41, 5.74) is 3.39. The van der Waals surface area contributed by atoms with Gasteiger partial charge in [-0.2, -0.15) is 0 Å². The summed E-state index contributed by atoms with van der Waals surface area (Å²) in [5.74, 6) is 0.404. The SMILES string of the molecule is O=C(N1CCC(C[C@@H](O)[C@@H]2c3ccccc3-c3cncn32)CC1)n1ccnc1. The van der Waals surface area contributed by atoms with E-state index in [2.05, 4.69) is 26.7 Å². The first-order valence-corrected chi connectivity index (χ1v) is 9.79. The Hall–Kier alpha value is -2.93. The minimum atomic E-state index is -0.475. The van der Waals surface area contributed by atoms with E-state index in [-0.39, 0.29) is 12.1 Å². The summed E-state index contributed by atoms with van der Waals surface area (Å²) < 4.78 is 3.61. The molecule has 1 aromatic carbocycles. The lowest BCUT2D eigenvalue weighted by atomic mass is 9.87. The number of piperidine rings is 1. The fourth-order valence-corrected chi connectivity index (χ4v) is 4.63. The van der Waals surface area contributed by atoms with E-state index in [1.807, 2.05) is 29.6 Å². The van der Waals surface area contributed by atoms with Crippen molar-refractivity contribution in [2.24, 2.45) is 5.92 Å². The van der Waals surface area contributed by atoms with Crippen LogP contribution < -0.4 is 0 Å². The molecule has 144 valence electrons. The van der Waals surface area contributed by atoms with Crippen LogP contribution in [-0.2, 0) is 0 Å². The molecule has 3 aromatic rings. The standard InChI is InChI=1S/C21H23N5O2/c27-19(20-17-4-2-1-3-16(17)18-12-23-14-26(18)20)11-15-5-8-24(9-6-15)21(28)25-10-7-22-13-25/h1-4,7,10,12-15,19-20,27H,5-6,8-9,11H2/t19-,20+/m1/s1. The molecule has 7 nitrogen and oxygen atoms in total. The molecule has 4 heterocycles. The van der Waals surface area contributed by atoms with Crippen molar-refractivity contribution in [3.63, 3.8) is 0 Å². The van der Waals surface area contributed by atoms with Gasteiger partial charge in [0.25, 0.3) is 0 Å². The number of aliphatic hydroxyl groups is 1. The van der Waals surface area contributed by atoms with Gasteiger partial charge < -0.3 is 14.6 Å². The molecular weight excluding hydrogens is 354 g/mol. The molecule has 7 heteroatoms. The maximum atomic E-state index is 12.4. The van der Waals surface area contributed by atoms with Gasteiger partial charge in [-0.25, -0.2) is 14.8 Å². The second-order valence-electron chi connectivity index (χ2n) is 7.70. The molecular formula is C21H23N5O2. The van der Waals surface area contributed by atoms with Gasteiger partial charge in [0.2, 0.25) is 0 Å². The zero-order valence-corrected chi connectivity index (χ0v) is 15.6. The van der Waals surface area contributed by atoms with Crippen LogP contribution in [0.3, 0.4) is 0 Å². The predicted octanol–water partition coefficient (Wildman–Crippen LogP) is 2.78. The summed E-state index contributed by atoms with van der Waals surface area (Å²) >= 11 is 0. The molecule has 2 aliphatic heterocycles. The molecule has 0 unspecified atom stereocenters. The normalized spacial score (nSPS) is 20.0. The Morgan fingerprint density at radius 2 is 2.00 bits per heavy atom. The van der Waals surface area contributed by atoms with Crippen LogP contribution in [0.2, 0.25) is 0 Å². The molecule has 2 aliphatic rings. The molecule has 0 aliphatic carbocycles. The van der Waals surface area contributed by atoms with Crippen LogP contribution >= 0.6 is 0 Å². The Labute approximate surface area is 163 Å². The molecule has 1 N–H and O–H groups in total. The van der Waals surface area contributed by atoms with Gasteiger partial charge in [-0.3, -0.25) is 4.57 Å². The number of hydrogen-bond donors (Lipinski definition) is 1. The Morgan fingerprint density at radius 1 is 1.18 bits per heavy atom. The topological polar surface area (TPSA) is 76.2 Å². The zero-order valence-electron chi connectivity index (χ0n) is 15.6. The maximum Gasteiger partial charge on any atom is 0.329 e. The number of carbonyl (C=O) groups is 1. The van der Waals surface area contributed by atoms with Crippen molar-refractivity contribution < 1.29 is 9.90 Å². The van der Waals surface area contributed by atoms with E-state index >= 15 is 0 Å². The summed E-state index contributed by atoms with van der Waals surface area (Å²) in [7, 11) is 0. The fraction of sp³-hybridized carbons (Fsp3) is 0.381. The van der Waals surface area contributed by atoms with E-state index in [1.165, 1.54) is 10.1 Å². The number of aliphatic hydroxyl groups excluding tert-OH is 1. The second-order valence-corrected chi connectivity index (χ2v) is 7.70. The van der Waals surface area contributed by atoms with Gasteiger partial charge >= 0.3 is 6.03 Å². The highest BCUT2D eigenvalue weighted by atomic mass is 16.3. The van der Waals surface area contributed by atoms with Crippen LogP contribution in [-0.4, -0.2) is 54.3 Å². The number of amides is 1. The Balaban J connectivity index is 1.25. The number of fused-ring (bicyclic) bond motifs is 3. The van der Waals surface area contributed by atoms with Crippen molar-refractivity contribution in [2.45, 2.75) is 31.4 Å². The van der Waals surface area contributed by atoms with E-state index in [1.54, 1.807) is 18.7 Å². The minimum Gasteiger partial charge on any atom is -0.391 e. The predicted molar refractivity (Wildman–Crippen MR) is 104 cm³/mol. The van der Waals surface area contributed by atoms with Crippen LogP contribution in [0.4, 0.5) is 4.79 Å². The lowest BCUT2D eigenvalue weighted by Gasteiger charge is -2.34. The number of aromatic nitrogens is 4. The molecule has 2 atom stereocenters. The first kappa shape index (κ1) is 17.2. The highest BCUT2D eigenvalue weighted by Crippen LogP contribution is 2.42. The van der Waals surface area contributed by atoms with Crippen LogP contribution in [0.1, 0.15) is 30.9 Å². The molecule has 2 aromatic heterocycles. The van der Waals surface area contributed by atoms with Crippen molar-refractivity contribution in [2.75, 3.05) is 13.1 Å². The van der Waals surface area contributed by atoms with Gasteiger partial charge in [0, 0.05) is 31.0 Å². The van der Waals surface area contributed by atoms with Crippen molar-refractivity contribution >= 4 is 6.03 Å². The summed E-state index contributed by atoms with van der Waals surface area (Å²) in [5, 5.41) is 11.1. The molecule has 0 radical (unpaired) electrons. The first-order chi connectivity index (χ1) is 13.7. The molecule has 0 spiro atoms. The fourth-order valence-electron chi connectivity index (χ4n) is 4.63. The van der Waals surface area contributed by atoms with E-state index in [9.17, 15) is 9.90 Å². The number of rotatable bonds is 3. The monoisotopic (exact) mass is 377 g/mol. The number of carbonyl (C=O) groups excluding carboxylic acids is 1. The average molecular weight is 377 g/mol. The molecule has 1 fully saturated rings. The summed E-state index contributed by atoms with van der Waals surface area (Å²) in [6, 6.07) is 8.14. The van der Waals surface area contributed by atoms with Crippen molar-refractivity contribution in [1.82, 2.24) is 24.0 Å². The molecule has 5 rings (SSSR count). The zero-order chi connectivity index (χ0) is 19.1. The van der Waals surface area contributed by atoms with Crippen molar-refractivity contribution in [3.05, 3.63) is 61.1 Å². The van der Waals surface area contributed by atoms with Gasteiger partial charge in [-0.05, 0) is 30.7 Å². The van der Waals surface area contributed by atoms with E-state index in [4.69, 9.17) is 0 Å². The average Bonchev–Trinajstić information content (AvgIpc) is 3.45. The summed E-state index contributed by atoms with van der Waals surface area (Å²) in [4.78, 5) is 22.5. The van der Waals surface area contributed by atoms with Crippen LogP contribution in [0, 0.1) is 5.92 Å². The lowest BCUT2D eigenvalue weighted by Crippen LogP contribution is -2.41. The number of imidazole rings is 2. The van der Waals surface area contributed by atoms with Gasteiger partial charge in [0.05, 0.1) is 30.4 Å². The highest BCUT2D eigenvalue weighted by molar-refractivity contribution is 5.76. The van der Waals surface area contributed by atoms with E-state index in [0.29, 0.717) is 19.0 Å². The largest absolute Gasteiger partial charge is 0.391 e. The molecule has 1 amide bonds. The summed E-state index contributed by atoms with van der Waals surface area (Å²) in [6.45, 7) is 1.43. The number of likely N-dealkylation sites (tertiary alicyclic amines) is 1. The van der Waals surface area contributed by atoms with Crippen molar-refractivity contribution in [3.8, 4) is 11.3 Å². The third kappa shape index (κ3) is 2.82. The third-order valence-corrected chi connectivity index (χ3v) is 6.07. The van der Waals surface area contributed by atoms with Crippen LogP contribution in [0.25, 0.3) is 11.3 Å². The third-order valence-electron chi connectivity index (χ3n) is 6.07. The lowest BCUT2D eigenvalue weighted by molar-refractivity contribution is 0.0867. The Bertz CT molecular complexity index is 972. The molecule has 0 saturated carbocycles. The van der Waals surface area contributed by atoms with E-state index < -0.39 is 6.10 Å². The summed E-state index contributed by atoms with van der Waals surface area (Å²) in [6.07, 6.45) is 10.6. The Kier molecular flexibility index (Phi) is 4.24. The second kappa shape index (κ2) is 6.91. The maximum absolute atomic E-state index is 12.4. The number of nitrogens with zero attached hydrogens (tertiary/aromatic N) is 5. The highest BCUT2D eigenvalue weighted by Gasteiger charge is 2.35. The van der Waals surface area contributed by atoms with Crippen molar-refractivity contribution in [1.29, 1.82) is 0 Å². The van der Waals surface area contributed by atoms with Gasteiger partial charge in [0.15, 0.2) is 0 Å². The van der Waals surface area contributed by atoms with Crippen LogP contribution in [0.5, 0.6) is 0 Å². The van der Waals surface area contributed by atoms with Gasteiger partial charge in [-0.1, -0.05) is 24.3 Å².